The molecule has 0 aliphatic carbocycles. The maximum atomic E-state index is 13.9. The first-order chi connectivity index (χ1) is 17.0. The Labute approximate surface area is 200 Å². The summed E-state index contributed by atoms with van der Waals surface area (Å²) in [5.41, 5.74) is 0.961. The number of tetrazole rings is 1. The van der Waals surface area contributed by atoms with E-state index in [0.29, 0.717) is 0 Å². The Balaban J connectivity index is 1.32. The summed E-state index contributed by atoms with van der Waals surface area (Å²) in [6, 6.07) is 21.9. The molecule has 1 aliphatic heterocycles. The number of aromatic amines is 1. The van der Waals surface area contributed by atoms with Gasteiger partial charge in [-0.25, -0.2) is 0 Å². The maximum Gasteiger partial charge on any atom is 0.416 e. The molecule has 0 saturated carbocycles. The SMILES string of the molecule is FC(F)(F)c1cc(-c2nn[nH]n2)ccc1CN1CCCC1Cc1cccc(Oc2ccccc2)c1. The lowest BCUT2D eigenvalue weighted by Crippen LogP contribution is -2.31. The van der Waals surface area contributed by atoms with Gasteiger partial charge in [0.05, 0.1) is 5.56 Å². The minimum atomic E-state index is -4.48. The Hall–Kier alpha value is -3.72. The second-order valence-electron chi connectivity index (χ2n) is 8.64. The van der Waals surface area contributed by atoms with Crippen LogP contribution in [0.1, 0.15) is 29.5 Å². The Morgan fingerprint density at radius 3 is 2.57 bits per heavy atom. The fourth-order valence-corrected chi connectivity index (χ4v) is 4.59. The van der Waals surface area contributed by atoms with E-state index >= 15 is 0 Å². The highest BCUT2D eigenvalue weighted by molar-refractivity contribution is 5.57. The van der Waals surface area contributed by atoms with Gasteiger partial charge < -0.3 is 4.74 Å². The molecule has 1 saturated heterocycles. The van der Waals surface area contributed by atoms with E-state index in [1.807, 2.05) is 54.6 Å². The molecule has 1 N–H and O–H groups in total. The molecule has 0 radical (unpaired) electrons. The van der Waals surface area contributed by atoms with Gasteiger partial charge in [-0.2, -0.15) is 18.4 Å². The van der Waals surface area contributed by atoms with Crippen molar-refractivity contribution in [1.29, 1.82) is 0 Å². The monoisotopic (exact) mass is 479 g/mol. The van der Waals surface area contributed by atoms with Gasteiger partial charge in [-0.15, -0.1) is 10.2 Å². The van der Waals surface area contributed by atoms with Crippen LogP contribution in [0.25, 0.3) is 11.4 Å². The van der Waals surface area contributed by atoms with Crippen LogP contribution in [0.15, 0.2) is 72.8 Å². The third-order valence-electron chi connectivity index (χ3n) is 6.24. The van der Waals surface area contributed by atoms with Gasteiger partial charge in [0.2, 0.25) is 5.82 Å². The predicted octanol–water partition coefficient (Wildman–Crippen LogP) is 5.88. The average Bonchev–Trinajstić information content (AvgIpc) is 3.53. The van der Waals surface area contributed by atoms with Crippen LogP contribution in [0.4, 0.5) is 13.2 Å². The predicted molar refractivity (Wildman–Crippen MR) is 125 cm³/mol. The number of nitrogens with zero attached hydrogens (tertiary/aromatic N) is 4. The zero-order chi connectivity index (χ0) is 24.3. The Kier molecular flexibility index (Phi) is 6.50. The van der Waals surface area contributed by atoms with Gasteiger partial charge in [0.1, 0.15) is 11.5 Å². The van der Waals surface area contributed by atoms with E-state index in [2.05, 4.69) is 25.5 Å². The van der Waals surface area contributed by atoms with Crippen molar-refractivity contribution in [3.05, 3.63) is 89.5 Å². The van der Waals surface area contributed by atoms with Crippen molar-refractivity contribution in [3.63, 3.8) is 0 Å². The third kappa shape index (κ3) is 5.51. The molecular weight excluding hydrogens is 455 g/mol. The van der Waals surface area contributed by atoms with Gasteiger partial charge in [-0.1, -0.05) is 42.5 Å². The van der Waals surface area contributed by atoms with Gasteiger partial charge in [-0.05, 0) is 72.5 Å². The number of alkyl halides is 3. The first-order valence-electron chi connectivity index (χ1n) is 11.5. The highest BCUT2D eigenvalue weighted by atomic mass is 19.4. The van der Waals surface area contributed by atoms with E-state index in [1.54, 1.807) is 6.07 Å². The first-order valence-corrected chi connectivity index (χ1v) is 11.5. The van der Waals surface area contributed by atoms with Crippen LogP contribution in [0.5, 0.6) is 11.5 Å². The second-order valence-corrected chi connectivity index (χ2v) is 8.64. The summed E-state index contributed by atoms with van der Waals surface area (Å²) in [5, 5.41) is 13.3. The molecule has 1 aliphatic rings. The van der Waals surface area contributed by atoms with Crippen molar-refractivity contribution >= 4 is 0 Å². The van der Waals surface area contributed by atoms with Gasteiger partial charge in [0, 0.05) is 18.2 Å². The zero-order valence-electron chi connectivity index (χ0n) is 18.9. The summed E-state index contributed by atoms with van der Waals surface area (Å²) in [7, 11) is 0. The average molecular weight is 480 g/mol. The van der Waals surface area contributed by atoms with Crippen LogP contribution in [-0.2, 0) is 19.1 Å². The molecule has 0 bridgehead atoms. The number of nitrogens with one attached hydrogen (secondary N) is 1. The molecule has 2 heterocycles. The van der Waals surface area contributed by atoms with Crippen molar-refractivity contribution in [1.82, 2.24) is 25.5 Å². The number of ether oxygens (including phenoxy) is 1. The lowest BCUT2D eigenvalue weighted by molar-refractivity contribution is -0.138. The second kappa shape index (κ2) is 9.87. The standard InChI is InChI=1S/C26H24F3N5O/c27-26(28,29)24-16-19(25-30-32-33-31-25)11-12-20(24)17-34-13-5-7-21(34)14-18-6-4-10-23(15-18)35-22-8-2-1-3-9-22/h1-4,6,8-12,15-16,21H,5,7,13-14,17H2,(H,30,31,32,33). The number of para-hydroxylation sites is 1. The summed E-state index contributed by atoms with van der Waals surface area (Å²) in [6.07, 6.45) is -1.85. The number of benzene rings is 3. The van der Waals surface area contributed by atoms with Crippen LogP contribution >= 0.6 is 0 Å². The lowest BCUT2D eigenvalue weighted by Gasteiger charge is -2.26. The number of aromatic nitrogens is 4. The van der Waals surface area contributed by atoms with Gasteiger partial charge >= 0.3 is 6.18 Å². The van der Waals surface area contributed by atoms with Gasteiger partial charge in [0.15, 0.2) is 0 Å². The fraction of sp³-hybridized carbons (Fsp3) is 0.269. The van der Waals surface area contributed by atoms with E-state index in [1.165, 1.54) is 6.07 Å². The van der Waals surface area contributed by atoms with E-state index in [9.17, 15) is 13.2 Å². The van der Waals surface area contributed by atoms with Crippen molar-refractivity contribution in [2.45, 2.75) is 38.0 Å². The summed E-state index contributed by atoms with van der Waals surface area (Å²) in [4.78, 5) is 2.14. The summed E-state index contributed by atoms with van der Waals surface area (Å²) in [6.45, 7) is 0.987. The Morgan fingerprint density at radius 2 is 1.80 bits per heavy atom. The van der Waals surface area contributed by atoms with Gasteiger partial charge in [0.25, 0.3) is 0 Å². The maximum absolute atomic E-state index is 13.9. The smallest absolute Gasteiger partial charge is 0.416 e. The molecule has 0 spiro atoms. The zero-order valence-corrected chi connectivity index (χ0v) is 18.9. The van der Waals surface area contributed by atoms with Crippen LogP contribution < -0.4 is 4.74 Å². The molecule has 35 heavy (non-hydrogen) atoms. The van der Waals surface area contributed by atoms with Gasteiger partial charge in [-0.3, -0.25) is 4.90 Å². The summed E-state index contributed by atoms with van der Waals surface area (Å²) in [5.74, 6) is 1.64. The lowest BCUT2D eigenvalue weighted by atomic mass is 10.0. The molecule has 4 aromatic rings. The van der Waals surface area contributed by atoms with E-state index < -0.39 is 11.7 Å². The molecule has 1 atom stereocenters. The number of likely N-dealkylation sites (tertiary alicyclic amines) is 1. The summed E-state index contributed by atoms with van der Waals surface area (Å²) < 4.78 is 47.7. The molecule has 1 aromatic heterocycles. The molecule has 180 valence electrons. The number of H-pyrrole nitrogens is 1. The van der Waals surface area contributed by atoms with Crippen molar-refractivity contribution in [2.24, 2.45) is 0 Å². The number of halogens is 3. The van der Waals surface area contributed by atoms with Crippen LogP contribution in [0.3, 0.4) is 0 Å². The third-order valence-corrected chi connectivity index (χ3v) is 6.24. The minimum Gasteiger partial charge on any atom is -0.457 e. The first kappa shape index (κ1) is 23.0. The molecule has 3 aromatic carbocycles. The number of hydrogen-bond acceptors (Lipinski definition) is 5. The molecular formula is C26H24F3N5O. The minimum absolute atomic E-state index is 0.138. The summed E-state index contributed by atoms with van der Waals surface area (Å²) >= 11 is 0. The molecule has 1 unspecified atom stereocenters. The van der Waals surface area contributed by atoms with Crippen LogP contribution in [-0.4, -0.2) is 38.1 Å². The molecule has 5 rings (SSSR count). The molecule has 6 nitrogen and oxygen atoms in total. The largest absolute Gasteiger partial charge is 0.457 e. The fourth-order valence-electron chi connectivity index (χ4n) is 4.59. The molecule has 1 fully saturated rings. The van der Waals surface area contributed by atoms with Crippen molar-refractivity contribution in [2.75, 3.05) is 6.54 Å². The van der Waals surface area contributed by atoms with Crippen LogP contribution in [0, 0.1) is 0 Å². The van der Waals surface area contributed by atoms with Crippen LogP contribution in [0.2, 0.25) is 0 Å². The van der Waals surface area contributed by atoms with E-state index in [-0.39, 0.29) is 29.5 Å². The number of hydrogen-bond donors (Lipinski definition) is 1. The quantitative estimate of drug-likeness (QED) is 0.358. The highest BCUT2D eigenvalue weighted by Gasteiger charge is 2.35. The highest BCUT2D eigenvalue weighted by Crippen LogP contribution is 2.36. The van der Waals surface area contributed by atoms with Crippen molar-refractivity contribution < 1.29 is 17.9 Å². The molecule has 9 heteroatoms. The van der Waals surface area contributed by atoms with Crippen molar-refractivity contribution in [3.8, 4) is 22.9 Å². The normalized spacial score (nSPS) is 16.5. The Bertz CT molecular complexity index is 1260. The Morgan fingerprint density at radius 1 is 0.971 bits per heavy atom. The molecule has 0 amide bonds. The topological polar surface area (TPSA) is 66.9 Å². The van der Waals surface area contributed by atoms with E-state index in [0.717, 1.165) is 48.9 Å². The number of rotatable bonds is 7. The van der Waals surface area contributed by atoms with E-state index in [4.69, 9.17) is 4.74 Å².